The lowest BCUT2D eigenvalue weighted by Gasteiger charge is -2.18. The Hall–Kier alpha value is -1.27. The maximum absolute atomic E-state index is 12.5. The summed E-state index contributed by atoms with van der Waals surface area (Å²) in [6.45, 7) is 1.39. The molecule has 1 fully saturated rings. The van der Waals surface area contributed by atoms with E-state index in [-0.39, 0.29) is 18.4 Å². The van der Waals surface area contributed by atoms with E-state index in [2.05, 4.69) is 15.9 Å². The van der Waals surface area contributed by atoms with Crippen molar-refractivity contribution in [1.82, 2.24) is 4.90 Å². The van der Waals surface area contributed by atoms with Crippen LogP contribution in [0, 0.1) is 5.92 Å². The Labute approximate surface area is 126 Å². The van der Waals surface area contributed by atoms with Gasteiger partial charge in [0.05, 0.1) is 14.2 Å². The number of rotatable bonds is 4. The smallest absolute Gasteiger partial charge is 0.254 e. The first kappa shape index (κ1) is 15.1. The molecule has 6 heteroatoms. The lowest BCUT2D eigenvalue weighted by atomic mass is 10.1. The molecule has 1 aromatic carbocycles. The maximum atomic E-state index is 12.5. The minimum absolute atomic E-state index is 0.0648. The van der Waals surface area contributed by atoms with E-state index in [1.807, 2.05) is 0 Å². The molecular formula is C14H18BrNO4. The second kappa shape index (κ2) is 6.45. The number of ether oxygens (including phenoxy) is 2. The zero-order valence-corrected chi connectivity index (χ0v) is 13.1. The number of benzene rings is 1. The molecular weight excluding hydrogens is 326 g/mol. The van der Waals surface area contributed by atoms with Crippen LogP contribution in [0.4, 0.5) is 0 Å². The van der Waals surface area contributed by atoms with Gasteiger partial charge in [-0.15, -0.1) is 0 Å². The summed E-state index contributed by atoms with van der Waals surface area (Å²) in [6.07, 6.45) is 0.840. The Morgan fingerprint density at radius 1 is 1.40 bits per heavy atom. The van der Waals surface area contributed by atoms with Gasteiger partial charge in [-0.3, -0.25) is 4.79 Å². The van der Waals surface area contributed by atoms with Gasteiger partial charge in [-0.1, -0.05) is 0 Å². The maximum Gasteiger partial charge on any atom is 0.254 e. The summed E-state index contributed by atoms with van der Waals surface area (Å²) < 4.78 is 11.2. The zero-order valence-electron chi connectivity index (χ0n) is 11.6. The zero-order chi connectivity index (χ0) is 14.7. The fourth-order valence-corrected chi connectivity index (χ4v) is 2.89. The van der Waals surface area contributed by atoms with Crippen LogP contribution in [0.5, 0.6) is 11.5 Å². The second-order valence-electron chi connectivity index (χ2n) is 4.78. The summed E-state index contributed by atoms with van der Waals surface area (Å²) in [6, 6.07) is 3.39. The molecule has 1 saturated heterocycles. The molecule has 0 saturated carbocycles. The normalized spacial score (nSPS) is 18.2. The van der Waals surface area contributed by atoms with Crippen LogP contribution in [0.15, 0.2) is 16.6 Å². The van der Waals surface area contributed by atoms with Gasteiger partial charge >= 0.3 is 0 Å². The van der Waals surface area contributed by atoms with Crippen molar-refractivity contribution in [3.63, 3.8) is 0 Å². The van der Waals surface area contributed by atoms with Crippen LogP contribution in [-0.2, 0) is 0 Å². The lowest BCUT2D eigenvalue weighted by molar-refractivity contribution is 0.0781. The summed E-state index contributed by atoms with van der Waals surface area (Å²) >= 11 is 3.38. The molecule has 1 unspecified atom stereocenters. The summed E-state index contributed by atoms with van der Waals surface area (Å²) in [4.78, 5) is 14.2. The standard InChI is InChI=1S/C14H18BrNO4/c1-19-11-5-10(6-12(20-2)13(11)15)14(18)16-4-3-9(7-16)8-17/h5-6,9,17H,3-4,7-8H2,1-2H3. The van der Waals surface area contributed by atoms with E-state index >= 15 is 0 Å². The fourth-order valence-electron chi connectivity index (χ4n) is 2.34. The van der Waals surface area contributed by atoms with Crippen molar-refractivity contribution in [1.29, 1.82) is 0 Å². The average molecular weight is 344 g/mol. The van der Waals surface area contributed by atoms with Gasteiger partial charge in [-0.2, -0.15) is 0 Å². The van der Waals surface area contributed by atoms with Gasteiger partial charge in [0.2, 0.25) is 0 Å². The molecule has 1 aliphatic heterocycles. The molecule has 1 heterocycles. The SMILES string of the molecule is COc1cc(C(=O)N2CCC(CO)C2)cc(OC)c1Br. The number of aliphatic hydroxyl groups is 1. The van der Waals surface area contributed by atoms with Gasteiger partial charge in [0.25, 0.3) is 5.91 Å². The van der Waals surface area contributed by atoms with Crippen molar-refractivity contribution in [2.75, 3.05) is 33.9 Å². The van der Waals surface area contributed by atoms with Crippen LogP contribution >= 0.6 is 15.9 Å². The third-order valence-electron chi connectivity index (χ3n) is 3.52. The first-order valence-electron chi connectivity index (χ1n) is 6.42. The third kappa shape index (κ3) is 2.91. The topological polar surface area (TPSA) is 59.0 Å². The molecule has 1 aromatic rings. The Bertz CT molecular complexity index is 481. The predicted molar refractivity (Wildman–Crippen MR) is 78.3 cm³/mol. The van der Waals surface area contributed by atoms with Gasteiger partial charge < -0.3 is 19.5 Å². The highest BCUT2D eigenvalue weighted by molar-refractivity contribution is 9.10. The lowest BCUT2D eigenvalue weighted by Crippen LogP contribution is -2.29. The van der Waals surface area contributed by atoms with E-state index in [0.717, 1.165) is 6.42 Å². The number of carbonyl (C=O) groups is 1. The Morgan fingerprint density at radius 3 is 2.45 bits per heavy atom. The van der Waals surface area contributed by atoms with Gasteiger partial charge in [0, 0.05) is 31.2 Å². The minimum atomic E-state index is -0.0648. The Morgan fingerprint density at radius 2 is 2.00 bits per heavy atom. The number of likely N-dealkylation sites (tertiary alicyclic amines) is 1. The van der Waals surface area contributed by atoms with Crippen LogP contribution in [0.3, 0.4) is 0 Å². The first-order valence-corrected chi connectivity index (χ1v) is 7.21. The van der Waals surface area contributed by atoms with Crippen molar-refractivity contribution in [3.8, 4) is 11.5 Å². The van der Waals surface area contributed by atoms with Crippen LogP contribution in [-0.4, -0.2) is 49.8 Å². The highest BCUT2D eigenvalue weighted by Crippen LogP contribution is 2.36. The van der Waals surface area contributed by atoms with Gasteiger partial charge in [-0.05, 0) is 34.5 Å². The summed E-state index contributed by atoms with van der Waals surface area (Å²) in [5.74, 6) is 1.24. The molecule has 0 spiro atoms. The van der Waals surface area contributed by atoms with E-state index in [1.165, 1.54) is 0 Å². The van der Waals surface area contributed by atoms with Crippen molar-refractivity contribution < 1.29 is 19.4 Å². The molecule has 1 atom stereocenters. The van der Waals surface area contributed by atoms with Crippen LogP contribution in [0.1, 0.15) is 16.8 Å². The van der Waals surface area contributed by atoms with E-state index in [1.54, 1.807) is 31.3 Å². The van der Waals surface area contributed by atoms with E-state index in [4.69, 9.17) is 14.6 Å². The largest absolute Gasteiger partial charge is 0.495 e. The van der Waals surface area contributed by atoms with Crippen LogP contribution in [0.2, 0.25) is 0 Å². The highest BCUT2D eigenvalue weighted by Gasteiger charge is 2.27. The van der Waals surface area contributed by atoms with Gasteiger partial charge in [0.15, 0.2) is 0 Å². The number of methoxy groups -OCH3 is 2. The van der Waals surface area contributed by atoms with Crippen molar-refractivity contribution in [2.45, 2.75) is 6.42 Å². The molecule has 0 bridgehead atoms. The monoisotopic (exact) mass is 343 g/mol. The number of nitrogens with zero attached hydrogens (tertiary/aromatic N) is 1. The summed E-state index contributed by atoms with van der Waals surface area (Å²) in [5, 5.41) is 9.15. The van der Waals surface area contributed by atoms with Gasteiger partial charge in [0.1, 0.15) is 16.0 Å². The van der Waals surface area contributed by atoms with E-state index < -0.39 is 0 Å². The first-order chi connectivity index (χ1) is 9.60. The molecule has 5 nitrogen and oxygen atoms in total. The van der Waals surface area contributed by atoms with Crippen molar-refractivity contribution in [3.05, 3.63) is 22.2 Å². The van der Waals surface area contributed by atoms with Crippen LogP contribution < -0.4 is 9.47 Å². The fraction of sp³-hybridized carbons (Fsp3) is 0.500. The summed E-state index contributed by atoms with van der Waals surface area (Å²) in [5.41, 5.74) is 0.528. The molecule has 0 radical (unpaired) electrons. The molecule has 0 aliphatic carbocycles. The van der Waals surface area contributed by atoms with E-state index in [0.29, 0.717) is 34.6 Å². The quantitative estimate of drug-likeness (QED) is 0.907. The van der Waals surface area contributed by atoms with Crippen molar-refractivity contribution >= 4 is 21.8 Å². The number of carbonyl (C=O) groups excluding carboxylic acids is 1. The predicted octanol–water partition coefficient (Wildman–Crippen LogP) is 1.92. The number of halogens is 1. The third-order valence-corrected chi connectivity index (χ3v) is 4.31. The van der Waals surface area contributed by atoms with Gasteiger partial charge in [-0.25, -0.2) is 0 Å². The molecule has 0 aromatic heterocycles. The van der Waals surface area contributed by atoms with E-state index in [9.17, 15) is 4.79 Å². The van der Waals surface area contributed by atoms with Crippen LogP contribution in [0.25, 0.3) is 0 Å². The number of amides is 1. The highest BCUT2D eigenvalue weighted by atomic mass is 79.9. The molecule has 1 N–H and O–H groups in total. The molecule has 2 rings (SSSR count). The number of aliphatic hydroxyl groups excluding tert-OH is 1. The molecule has 110 valence electrons. The average Bonchev–Trinajstić information content (AvgIpc) is 2.95. The molecule has 1 amide bonds. The number of hydrogen-bond donors (Lipinski definition) is 1. The molecule has 1 aliphatic rings. The Balaban J connectivity index is 2.26. The Kier molecular flexibility index (Phi) is 4.88. The number of hydrogen-bond acceptors (Lipinski definition) is 4. The molecule has 20 heavy (non-hydrogen) atoms. The summed E-state index contributed by atoms with van der Waals surface area (Å²) in [7, 11) is 3.09. The minimum Gasteiger partial charge on any atom is -0.495 e. The van der Waals surface area contributed by atoms with Crippen molar-refractivity contribution in [2.24, 2.45) is 5.92 Å². The second-order valence-corrected chi connectivity index (χ2v) is 5.58.